The van der Waals surface area contributed by atoms with Gasteiger partial charge in [0.25, 0.3) is 0 Å². The van der Waals surface area contributed by atoms with Gasteiger partial charge in [-0.2, -0.15) is 10.5 Å². The normalized spacial score (nSPS) is 10.9. The molecule has 7 aromatic carbocycles. The quantitative estimate of drug-likeness (QED) is 0.154. The number of hydrogen-bond acceptors (Lipinski definition) is 6. The minimum Gasteiger partial charge on any atom is -0.296 e. The van der Waals surface area contributed by atoms with Gasteiger partial charge >= 0.3 is 0 Å². The van der Waals surface area contributed by atoms with E-state index >= 15 is 0 Å². The summed E-state index contributed by atoms with van der Waals surface area (Å²) in [6, 6.07) is 60.9. The summed E-state index contributed by atoms with van der Waals surface area (Å²) in [5.74, 6) is 2.77. The number of fused-ring (bicyclic) bond motifs is 1. The standard InChI is InChI=1S/C50H33N7/c1-2-47-53-45-28-24-41(35-16-13-33(31-51)14-17-35)30-46(45)57(47)42-25-22-36(23-26-42)43-27-15-34(32-52)29-44(43)37-18-20-40(21-19-37)50-55-48(38-9-5-3-6-10-38)54-49(56-50)39-11-7-4-8-12-39/h3-30H,2H2,1H3. The van der Waals surface area contributed by atoms with Gasteiger partial charge in [0, 0.05) is 28.8 Å². The molecule has 0 radical (unpaired) electrons. The molecule has 9 rings (SSSR count). The van der Waals surface area contributed by atoms with Gasteiger partial charge in [-0.25, -0.2) is 19.9 Å². The lowest BCUT2D eigenvalue weighted by molar-refractivity contribution is 0.908. The number of benzene rings is 7. The third-order valence-electron chi connectivity index (χ3n) is 10.1. The smallest absolute Gasteiger partial charge is 0.164 e. The average molecular weight is 732 g/mol. The number of nitriles is 2. The van der Waals surface area contributed by atoms with Crippen LogP contribution in [0.1, 0.15) is 23.9 Å². The highest BCUT2D eigenvalue weighted by Gasteiger charge is 2.16. The first kappa shape index (κ1) is 34.7. The lowest BCUT2D eigenvalue weighted by atomic mass is 9.92. The Hall–Kier alpha value is -8.00. The van der Waals surface area contributed by atoms with E-state index < -0.39 is 0 Å². The van der Waals surface area contributed by atoms with E-state index in [1.54, 1.807) is 0 Å². The first-order valence-electron chi connectivity index (χ1n) is 18.7. The molecule has 0 aliphatic carbocycles. The molecule has 0 aliphatic rings. The van der Waals surface area contributed by atoms with Gasteiger partial charge in [0.2, 0.25) is 0 Å². The first-order valence-corrected chi connectivity index (χ1v) is 18.7. The monoisotopic (exact) mass is 731 g/mol. The highest BCUT2D eigenvalue weighted by Crippen LogP contribution is 2.36. The summed E-state index contributed by atoms with van der Waals surface area (Å²) in [6.45, 7) is 2.12. The highest BCUT2D eigenvalue weighted by atomic mass is 15.1. The van der Waals surface area contributed by atoms with Crippen molar-refractivity contribution in [3.05, 3.63) is 187 Å². The van der Waals surface area contributed by atoms with Crippen LogP contribution in [-0.4, -0.2) is 24.5 Å². The molecule has 0 fully saturated rings. The summed E-state index contributed by atoms with van der Waals surface area (Å²) in [5, 5.41) is 19.2. The molecule has 9 aromatic rings. The van der Waals surface area contributed by atoms with Gasteiger partial charge in [-0.05, 0) is 81.9 Å². The van der Waals surface area contributed by atoms with Crippen LogP contribution < -0.4 is 0 Å². The second kappa shape index (κ2) is 15.0. The SMILES string of the molecule is CCc1nc2ccc(-c3ccc(C#N)cc3)cc2n1-c1ccc(-c2ccc(C#N)cc2-c2ccc(-c3nc(-c4ccccc4)nc(-c4ccccc4)n3)cc2)cc1. The first-order chi connectivity index (χ1) is 28.1. The fraction of sp³-hybridized carbons (Fsp3) is 0.0400. The second-order valence-corrected chi connectivity index (χ2v) is 13.6. The number of rotatable bonds is 8. The molecule has 0 saturated heterocycles. The Bertz CT molecular complexity index is 2920. The van der Waals surface area contributed by atoms with Crippen LogP contribution in [0.2, 0.25) is 0 Å². The van der Waals surface area contributed by atoms with Crippen LogP contribution in [0.15, 0.2) is 170 Å². The van der Waals surface area contributed by atoms with E-state index in [2.05, 4.69) is 78.2 Å². The molecule has 0 unspecified atom stereocenters. The third kappa shape index (κ3) is 6.82. The lowest BCUT2D eigenvalue weighted by Crippen LogP contribution is -2.00. The third-order valence-corrected chi connectivity index (χ3v) is 10.1. The molecule has 0 N–H and O–H groups in total. The number of aromatic nitrogens is 5. The predicted molar refractivity (Wildman–Crippen MR) is 226 cm³/mol. The molecule has 7 nitrogen and oxygen atoms in total. The fourth-order valence-electron chi connectivity index (χ4n) is 7.20. The van der Waals surface area contributed by atoms with E-state index in [1.165, 1.54) is 0 Å². The van der Waals surface area contributed by atoms with Crippen LogP contribution in [0, 0.1) is 22.7 Å². The van der Waals surface area contributed by atoms with Gasteiger partial charge in [0.05, 0.1) is 34.3 Å². The number of imidazole rings is 1. The summed E-state index contributed by atoms with van der Waals surface area (Å²) in [6.07, 6.45) is 0.768. The van der Waals surface area contributed by atoms with Gasteiger partial charge in [-0.3, -0.25) is 4.57 Å². The Morgan fingerprint density at radius 2 is 0.930 bits per heavy atom. The van der Waals surface area contributed by atoms with Crippen molar-refractivity contribution in [3.63, 3.8) is 0 Å². The van der Waals surface area contributed by atoms with Crippen molar-refractivity contribution >= 4 is 11.0 Å². The number of aryl methyl sites for hydroxylation is 1. The van der Waals surface area contributed by atoms with Crippen molar-refractivity contribution in [2.45, 2.75) is 13.3 Å². The van der Waals surface area contributed by atoms with Crippen LogP contribution in [0.25, 0.3) is 84.3 Å². The molecule has 7 heteroatoms. The van der Waals surface area contributed by atoms with Gasteiger partial charge in [0.1, 0.15) is 5.82 Å². The van der Waals surface area contributed by atoms with Crippen molar-refractivity contribution in [1.82, 2.24) is 24.5 Å². The van der Waals surface area contributed by atoms with Crippen LogP contribution >= 0.6 is 0 Å². The average Bonchev–Trinajstić information content (AvgIpc) is 3.67. The molecule has 268 valence electrons. The largest absolute Gasteiger partial charge is 0.296 e. The minimum atomic E-state index is 0.582. The van der Waals surface area contributed by atoms with Crippen LogP contribution in [0.3, 0.4) is 0 Å². The number of nitrogens with zero attached hydrogens (tertiary/aromatic N) is 7. The topological polar surface area (TPSA) is 104 Å². The van der Waals surface area contributed by atoms with Crippen molar-refractivity contribution in [1.29, 1.82) is 10.5 Å². The van der Waals surface area contributed by atoms with E-state index in [4.69, 9.17) is 19.9 Å². The fourth-order valence-corrected chi connectivity index (χ4v) is 7.20. The summed E-state index contributed by atoms with van der Waals surface area (Å²) >= 11 is 0. The molecule has 0 bridgehead atoms. The van der Waals surface area contributed by atoms with E-state index in [9.17, 15) is 10.5 Å². The van der Waals surface area contributed by atoms with E-state index in [-0.39, 0.29) is 0 Å². The van der Waals surface area contributed by atoms with Crippen molar-refractivity contribution < 1.29 is 0 Å². The Balaban J connectivity index is 1.07. The summed E-state index contributed by atoms with van der Waals surface area (Å²) in [7, 11) is 0. The molecule has 0 amide bonds. The minimum absolute atomic E-state index is 0.582. The zero-order chi connectivity index (χ0) is 38.7. The molecule has 57 heavy (non-hydrogen) atoms. The lowest BCUT2D eigenvalue weighted by Gasteiger charge is -2.14. The number of hydrogen-bond donors (Lipinski definition) is 0. The van der Waals surface area contributed by atoms with Crippen LogP contribution in [-0.2, 0) is 6.42 Å². The Morgan fingerprint density at radius 1 is 0.439 bits per heavy atom. The van der Waals surface area contributed by atoms with Crippen LogP contribution in [0.5, 0.6) is 0 Å². The van der Waals surface area contributed by atoms with E-state index in [0.29, 0.717) is 28.6 Å². The Labute approximate surface area is 330 Å². The van der Waals surface area contributed by atoms with E-state index in [0.717, 1.165) is 79.0 Å². The zero-order valence-corrected chi connectivity index (χ0v) is 31.0. The Morgan fingerprint density at radius 3 is 1.51 bits per heavy atom. The maximum absolute atomic E-state index is 9.90. The second-order valence-electron chi connectivity index (χ2n) is 13.6. The van der Waals surface area contributed by atoms with Gasteiger partial charge in [-0.15, -0.1) is 0 Å². The molecule has 0 saturated carbocycles. The summed E-state index contributed by atoms with van der Waals surface area (Å²) in [4.78, 5) is 19.6. The van der Waals surface area contributed by atoms with Gasteiger partial charge in [0.15, 0.2) is 17.5 Å². The van der Waals surface area contributed by atoms with Crippen molar-refractivity contribution in [2.75, 3.05) is 0 Å². The Kier molecular flexibility index (Phi) is 9.16. The summed E-state index contributed by atoms with van der Waals surface area (Å²) in [5.41, 5.74) is 12.9. The van der Waals surface area contributed by atoms with Crippen molar-refractivity contribution in [2.24, 2.45) is 0 Å². The molecule has 2 aromatic heterocycles. The molecular formula is C50H33N7. The van der Waals surface area contributed by atoms with Crippen LogP contribution in [0.4, 0.5) is 0 Å². The molecule has 0 spiro atoms. The predicted octanol–water partition coefficient (Wildman–Crippen LogP) is 11.5. The molecule has 0 aliphatic heterocycles. The summed E-state index contributed by atoms with van der Waals surface area (Å²) < 4.78 is 2.22. The highest BCUT2D eigenvalue weighted by molar-refractivity contribution is 5.87. The molecular weight excluding hydrogens is 699 g/mol. The van der Waals surface area contributed by atoms with Gasteiger partial charge in [-0.1, -0.05) is 128 Å². The molecule has 0 atom stereocenters. The van der Waals surface area contributed by atoms with Gasteiger partial charge < -0.3 is 0 Å². The molecule has 2 heterocycles. The van der Waals surface area contributed by atoms with E-state index in [1.807, 2.05) is 115 Å². The maximum Gasteiger partial charge on any atom is 0.164 e. The van der Waals surface area contributed by atoms with Crippen molar-refractivity contribution in [3.8, 4) is 85.4 Å². The maximum atomic E-state index is 9.90. The zero-order valence-electron chi connectivity index (χ0n) is 31.0.